The molecule has 8 aromatic carbocycles. The molecule has 0 N–H and O–H groups in total. The zero-order valence-electron chi connectivity index (χ0n) is 36.1. The fourth-order valence-electron chi connectivity index (χ4n) is 10.1. The SMILES string of the molecule is CC(C)(C)c1ccnc(-c2ccc3c(c2)B2c4cc(N5CN(c6c(-c7ccccc7)cccc6-c6ccccc6)c6ccccc65)ccc4N(c4ccccc4)c4cccc(c42)O3)c1. The summed E-state index contributed by atoms with van der Waals surface area (Å²) in [6, 6.07) is 72.4. The fourth-order valence-corrected chi connectivity index (χ4v) is 10.1. The zero-order chi connectivity index (χ0) is 42.9. The van der Waals surface area contributed by atoms with Crippen LogP contribution in [0.15, 0.2) is 206 Å². The molecule has 3 aliphatic rings. The Bertz CT molecular complexity index is 3180. The van der Waals surface area contributed by atoms with Gasteiger partial charge < -0.3 is 19.4 Å². The molecule has 0 radical (unpaired) electrons. The van der Waals surface area contributed by atoms with Crippen LogP contribution < -0.4 is 35.8 Å². The topological polar surface area (TPSA) is 31.8 Å². The molecule has 5 nitrogen and oxygen atoms in total. The maximum Gasteiger partial charge on any atom is 0.256 e. The molecule has 9 aromatic rings. The van der Waals surface area contributed by atoms with Gasteiger partial charge in [-0.15, -0.1) is 0 Å². The molecule has 0 fully saturated rings. The molecule has 0 spiro atoms. The number of rotatable bonds is 6. The molecule has 3 aliphatic heterocycles. The summed E-state index contributed by atoms with van der Waals surface area (Å²) in [7, 11) is 0. The van der Waals surface area contributed by atoms with Crippen molar-refractivity contribution in [3.8, 4) is 45.0 Å². The summed E-state index contributed by atoms with van der Waals surface area (Å²) < 4.78 is 6.86. The lowest BCUT2D eigenvalue weighted by Crippen LogP contribution is -2.59. The molecule has 0 amide bonds. The number of benzene rings is 8. The number of nitrogens with zero attached hydrogens (tertiary/aromatic N) is 4. The molecule has 0 atom stereocenters. The van der Waals surface area contributed by atoms with Crippen molar-refractivity contribution in [2.45, 2.75) is 26.2 Å². The number of hydrogen-bond donors (Lipinski definition) is 0. The molecular formula is C58H45BN4O. The average Bonchev–Trinajstić information content (AvgIpc) is 3.73. The Morgan fingerprint density at radius 1 is 0.484 bits per heavy atom. The summed E-state index contributed by atoms with van der Waals surface area (Å²) in [5, 5.41) is 0. The highest BCUT2D eigenvalue weighted by Crippen LogP contribution is 2.51. The van der Waals surface area contributed by atoms with E-state index < -0.39 is 0 Å². The van der Waals surface area contributed by atoms with Gasteiger partial charge in [0.25, 0.3) is 6.71 Å². The second-order valence-electron chi connectivity index (χ2n) is 18.0. The van der Waals surface area contributed by atoms with Crippen LogP contribution in [0.4, 0.5) is 39.8 Å². The Kier molecular flexibility index (Phi) is 8.84. The molecule has 0 unspecified atom stereocenters. The number of ether oxygens (including phenoxy) is 1. The van der Waals surface area contributed by atoms with Gasteiger partial charge in [-0.3, -0.25) is 4.98 Å². The van der Waals surface area contributed by atoms with Crippen molar-refractivity contribution >= 4 is 62.9 Å². The normalized spacial score (nSPS) is 13.5. The Hall–Kier alpha value is -7.83. The predicted octanol–water partition coefficient (Wildman–Crippen LogP) is 13.0. The van der Waals surface area contributed by atoms with E-state index in [4.69, 9.17) is 9.72 Å². The van der Waals surface area contributed by atoms with Crippen molar-refractivity contribution in [3.05, 3.63) is 212 Å². The van der Waals surface area contributed by atoms with E-state index >= 15 is 0 Å². The summed E-state index contributed by atoms with van der Waals surface area (Å²) in [5.41, 5.74) is 19.6. The lowest BCUT2D eigenvalue weighted by Gasteiger charge is -2.40. The number of aromatic nitrogens is 1. The van der Waals surface area contributed by atoms with Gasteiger partial charge in [-0.1, -0.05) is 142 Å². The highest BCUT2D eigenvalue weighted by atomic mass is 16.5. The molecule has 12 rings (SSSR count). The quantitative estimate of drug-likeness (QED) is 0.156. The summed E-state index contributed by atoms with van der Waals surface area (Å²) in [4.78, 5) is 12.3. The van der Waals surface area contributed by atoms with Gasteiger partial charge in [-0.05, 0) is 123 Å². The smallest absolute Gasteiger partial charge is 0.256 e. The molecule has 6 heteroatoms. The Balaban J connectivity index is 1.04. The monoisotopic (exact) mass is 824 g/mol. The van der Waals surface area contributed by atoms with Crippen LogP contribution in [0.2, 0.25) is 0 Å². The van der Waals surface area contributed by atoms with Crippen molar-refractivity contribution in [1.82, 2.24) is 4.98 Å². The van der Waals surface area contributed by atoms with E-state index in [1.165, 1.54) is 55.8 Å². The molecule has 306 valence electrons. The van der Waals surface area contributed by atoms with Crippen LogP contribution in [0.25, 0.3) is 33.5 Å². The van der Waals surface area contributed by atoms with Gasteiger partial charge in [0.15, 0.2) is 0 Å². The molecule has 0 bridgehead atoms. The number of fused-ring (bicyclic) bond motifs is 5. The summed E-state index contributed by atoms with van der Waals surface area (Å²) in [5.74, 6) is 1.76. The first-order chi connectivity index (χ1) is 31.4. The van der Waals surface area contributed by atoms with Crippen LogP contribution in [0, 0.1) is 0 Å². The van der Waals surface area contributed by atoms with Gasteiger partial charge in [-0.2, -0.15) is 0 Å². The Morgan fingerprint density at radius 2 is 1.12 bits per heavy atom. The van der Waals surface area contributed by atoms with Crippen molar-refractivity contribution in [2.24, 2.45) is 0 Å². The van der Waals surface area contributed by atoms with Crippen molar-refractivity contribution < 1.29 is 4.74 Å². The molecule has 0 aliphatic carbocycles. The first kappa shape index (κ1) is 37.9. The van der Waals surface area contributed by atoms with Crippen LogP contribution in [-0.2, 0) is 5.41 Å². The minimum Gasteiger partial charge on any atom is -0.458 e. The predicted molar refractivity (Wildman–Crippen MR) is 267 cm³/mol. The number of para-hydroxylation sites is 4. The third-order valence-corrected chi connectivity index (χ3v) is 13.1. The average molecular weight is 825 g/mol. The molecule has 0 saturated heterocycles. The van der Waals surface area contributed by atoms with Gasteiger partial charge in [0.1, 0.15) is 18.2 Å². The maximum atomic E-state index is 6.86. The summed E-state index contributed by atoms with van der Waals surface area (Å²) >= 11 is 0. The van der Waals surface area contributed by atoms with E-state index in [0.29, 0.717) is 6.67 Å². The molecular weight excluding hydrogens is 779 g/mol. The van der Waals surface area contributed by atoms with Crippen LogP contribution >= 0.6 is 0 Å². The van der Waals surface area contributed by atoms with Gasteiger partial charge in [-0.25, -0.2) is 0 Å². The first-order valence-corrected chi connectivity index (χ1v) is 22.2. The van der Waals surface area contributed by atoms with E-state index in [-0.39, 0.29) is 12.1 Å². The van der Waals surface area contributed by atoms with E-state index in [0.717, 1.165) is 51.0 Å². The van der Waals surface area contributed by atoms with Gasteiger partial charge in [0.2, 0.25) is 0 Å². The maximum absolute atomic E-state index is 6.86. The largest absolute Gasteiger partial charge is 0.458 e. The van der Waals surface area contributed by atoms with Crippen molar-refractivity contribution in [2.75, 3.05) is 21.4 Å². The van der Waals surface area contributed by atoms with Gasteiger partial charge >= 0.3 is 0 Å². The van der Waals surface area contributed by atoms with Crippen LogP contribution in [0.1, 0.15) is 26.3 Å². The lowest BCUT2D eigenvalue weighted by atomic mass is 9.34. The molecule has 4 heterocycles. The third-order valence-electron chi connectivity index (χ3n) is 13.1. The molecule has 64 heavy (non-hydrogen) atoms. The van der Waals surface area contributed by atoms with E-state index in [2.05, 4.69) is 236 Å². The number of anilines is 7. The second kappa shape index (κ2) is 14.9. The highest BCUT2D eigenvalue weighted by molar-refractivity contribution is 6.99. The van der Waals surface area contributed by atoms with E-state index in [1.807, 2.05) is 6.20 Å². The van der Waals surface area contributed by atoms with E-state index in [9.17, 15) is 0 Å². The standard InChI is InChI=1S/C58H45BN4O/c1-58(2,3)42-33-34-60-49(36-42)41-29-32-54-48(35-41)59-47-37-44(30-31-50(47)63(43-21-11-6-12-22-43)53-27-16-28-55(64-54)56(53)59)61-38-62(52-26-14-13-25-51(52)61)57-45(39-17-7-4-8-18-39)23-15-24-46(57)40-19-9-5-10-20-40/h4-37H,38H2,1-3H3. The first-order valence-electron chi connectivity index (χ1n) is 22.2. The second-order valence-corrected chi connectivity index (χ2v) is 18.0. The summed E-state index contributed by atoms with van der Waals surface area (Å²) in [6.07, 6.45) is 1.94. The fraction of sp³-hybridized carbons (Fsp3) is 0.0862. The third kappa shape index (κ3) is 6.20. The lowest BCUT2D eigenvalue weighted by molar-refractivity contribution is 0.487. The number of hydrogen-bond acceptors (Lipinski definition) is 5. The van der Waals surface area contributed by atoms with Gasteiger partial charge in [0.05, 0.1) is 22.8 Å². The molecule has 1 aromatic heterocycles. The minimum absolute atomic E-state index is 0.00102. The zero-order valence-corrected chi connectivity index (χ0v) is 36.1. The van der Waals surface area contributed by atoms with E-state index in [1.54, 1.807) is 0 Å². The Labute approximate surface area is 375 Å². The van der Waals surface area contributed by atoms with Crippen LogP contribution in [0.3, 0.4) is 0 Å². The van der Waals surface area contributed by atoms with Crippen LogP contribution in [-0.4, -0.2) is 18.4 Å². The summed E-state index contributed by atoms with van der Waals surface area (Å²) in [6.45, 7) is 7.30. The van der Waals surface area contributed by atoms with Crippen molar-refractivity contribution in [1.29, 1.82) is 0 Å². The van der Waals surface area contributed by atoms with Crippen LogP contribution in [0.5, 0.6) is 11.5 Å². The highest BCUT2D eigenvalue weighted by Gasteiger charge is 2.43. The Morgan fingerprint density at radius 3 is 1.83 bits per heavy atom. The van der Waals surface area contributed by atoms with Gasteiger partial charge in [0, 0.05) is 40.1 Å². The number of pyridine rings is 1. The minimum atomic E-state index is -0.0898. The molecule has 0 saturated carbocycles. The van der Waals surface area contributed by atoms with Crippen molar-refractivity contribution in [3.63, 3.8) is 0 Å².